The summed E-state index contributed by atoms with van der Waals surface area (Å²) in [5, 5.41) is 13.9. The standard InChI is InChI=1S/C17H16FN3O2S/c1-9(2)15-8-24-17(21-15)12(7-19)16(23)11-4-5-13(18)14(6-11)20-10(3)22/h4-6,8-9,12H,1-3H3,(H,20,22)/t12-/m1/s1. The molecule has 0 bridgehead atoms. The first-order chi connectivity index (χ1) is 11.3. The van der Waals surface area contributed by atoms with Gasteiger partial charge in [0.2, 0.25) is 5.91 Å². The molecule has 1 aromatic heterocycles. The van der Waals surface area contributed by atoms with Crippen LogP contribution < -0.4 is 5.32 Å². The lowest BCUT2D eigenvalue weighted by atomic mass is 9.98. The van der Waals surface area contributed by atoms with Crippen molar-refractivity contribution < 1.29 is 14.0 Å². The van der Waals surface area contributed by atoms with Crippen LogP contribution >= 0.6 is 11.3 Å². The van der Waals surface area contributed by atoms with Gasteiger partial charge >= 0.3 is 0 Å². The van der Waals surface area contributed by atoms with Gasteiger partial charge in [-0.25, -0.2) is 9.37 Å². The summed E-state index contributed by atoms with van der Waals surface area (Å²) in [6, 6.07) is 5.58. The number of anilines is 1. The van der Waals surface area contributed by atoms with Crippen LogP contribution in [-0.2, 0) is 4.79 Å². The maximum atomic E-state index is 13.7. The number of nitrogens with one attached hydrogen (secondary N) is 1. The van der Waals surface area contributed by atoms with Gasteiger partial charge in [-0.3, -0.25) is 9.59 Å². The van der Waals surface area contributed by atoms with Gasteiger partial charge in [0, 0.05) is 17.9 Å². The first-order valence-electron chi connectivity index (χ1n) is 7.29. The van der Waals surface area contributed by atoms with Crippen molar-refractivity contribution in [3.63, 3.8) is 0 Å². The number of halogens is 1. The molecule has 5 nitrogen and oxygen atoms in total. The summed E-state index contributed by atoms with van der Waals surface area (Å²) >= 11 is 1.25. The van der Waals surface area contributed by atoms with Gasteiger partial charge in [-0.05, 0) is 24.1 Å². The maximum Gasteiger partial charge on any atom is 0.221 e. The van der Waals surface area contributed by atoms with Crippen molar-refractivity contribution in [3.8, 4) is 6.07 Å². The largest absolute Gasteiger partial charge is 0.324 e. The first kappa shape index (κ1) is 17.8. The fourth-order valence-corrected chi connectivity index (χ4v) is 3.08. The number of Topliss-reactive ketones (excluding diaryl/α,β-unsaturated/α-hetero) is 1. The fraction of sp³-hybridized carbons (Fsp3) is 0.294. The molecule has 0 aliphatic rings. The van der Waals surface area contributed by atoms with Crippen LogP contribution in [0, 0.1) is 17.1 Å². The Morgan fingerprint density at radius 2 is 2.08 bits per heavy atom. The second-order valence-corrected chi connectivity index (χ2v) is 6.46. The number of nitrogens with zero attached hydrogens (tertiary/aromatic N) is 2. The number of nitriles is 1. The van der Waals surface area contributed by atoms with Crippen molar-refractivity contribution in [3.05, 3.63) is 45.7 Å². The van der Waals surface area contributed by atoms with Gasteiger partial charge in [-0.1, -0.05) is 13.8 Å². The molecule has 1 atom stereocenters. The van der Waals surface area contributed by atoms with Crippen LogP contribution in [0.3, 0.4) is 0 Å². The fourth-order valence-electron chi connectivity index (χ4n) is 2.06. The average Bonchev–Trinajstić information content (AvgIpc) is 2.99. The molecule has 7 heteroatoms. The number of thiazole rings is 1. The summed E-state index contributed by atoms with van der Waals surface area (Å²) in [6.07, 6.45) is 0. The van der Waals surface area contributed by atoms with E-state index in [1.54, 1.807) is 0 Å². The highest BCUT2D eigenvalue weighted by Crippen LogP contribution is 2.28. The van der Waals surface area contributed by atoms with Crippen molar-refractivity contribution in [1.82, 2.24) is 4.98 Å². The zero-order valence-corrected chi connectivity index (χ0v) is 14.3. The molecule has 1 heterocycles. The van der Waals surface area contributed by atoms with E-state index in [2.05, 4.69) is 10.3 Å². The minimum Gasteiger partial charge on any atom is -0.324 e. The predicted octanol–water partition coefficient (Wildman–Crippen LogP) is 3.85. The summed E-state index contributed by atoms with van der Waals surface area (Å²) in [5.41, 5.74) is 0.876. The minimum atomic E-state index is -1.06. The molecule has 0 unspecified atom stereocenters. The highest BCUT2D eigenvalue weighted by atomic mass is 32.1. The molecule has 0 radical (unpaired) electrons. The second-order valence-electron chi connectivity index (χ2n) is 5.57. The lowest BCUT2D eigenvalue weighted by molar-refractivity contribution is -0.114. The van der Waals surface area contributed by atoms with E-state index in [0.29, 0.717) is 5.01 Å². The Hall–Kier alpha value is -2.59. The smallest absolute Gasteiger partial charge is 0.221 e. The van der Waals surface area contributed by atoms with Gasteiger partial charge in [0.25, 0.3) is 0 Å². The number of benzene rings is 1. The molecule has 1 amide bonds. The van der Waals surface area contributed by atoms with Crippen LogP contribution in [0.5, 0.6) is 0 Å². The summed E-state index contributed by atoms with van der Waals surface area (Å²) in [4.78, 5) is 28.1. The van der Waals surface area contributed by atoms with Crippen LogP contribution in [0.15, 0.2) is 23.6 Å². The molecule has 2 rings (SSSR count). The number of amides is 1. The SMILES string of the molecule is CC(=O)Nc1cc(C(=O)[C@@H](C#N)c2nc(C(C)C)cs2)ccc1F. The highest BCUT2D eigenvalue weighted by molar-refractivity contribution is 7.10. The minimum absolute atomic E-state index is 0.0907. The number of aromatic nitrogens is 1. The van der Waals surface area contributed by atoms with Gasteiger partial charge < -0.3 is 5.32 Å². The average molecular weight is 345 g/mol. The Morgan fingerprint density at radius 1 is 1.38 bits per heavy atom. The monoisotopic (exact) mass is 345 g/mol. The maximum absolute atomic E-state index is 13.7. The van der Waals surface area contributed by atoms with Crippen LogP contribution in [0.4, 0.5) is 10.1 Å². The molecular weight excluding hydrogens is 329 g/mol. The van der Waals surface area contributed by atoms with Crippen molar-refractivity contribution in [1.29, 1.82) is 5.26 Å². The van der Waals surface area contributed by atoms with E-state index in [1.165, 1.54) is 30.4 Å². The Balaban J connectivity index is 2.34. The third-order valence-corrected chi connectivity index (χ3v) is 4.26. The number of rotatable bonds is 5. The lowest BCUT2D eigenvalue weighted by Crippen LogP contribution is -2.13. The lowest BCUT2D eigenvalue weighted by Gasteiger charge is -2.09. The van der Waals surface area contributed by atoms with Crippen LogP contribution in [0.25, 0.3) is 0 Å². The van der Waals surface area contributed by atoms with Crippen molar-refractivity contribution in [2.45, 2.75) is 32.6 Å². The van der Waals surface area contributed by atoms with Gasteiger partial charge in [-0.15, -0.1) is 11.3 Å². The molecule has 1 N–H and O–H groups in total. The Bertz CT molecular complexity index is 823. The van der Waals surface area contributed by atoms with Gasteiger partial charge in [0.05, 0.1) is 17.5 Å². The van der Waals surface area contributed by atoms with Crippen LogP contribution in [0.2, 0.25) is 0 Å². The molecule has 0 saturated carbocycles. The molecule has 124 valence electrons. The van der Waals surface area contributed by atoms with Crippen LogP contribution in [-0.4, -0.2) is 16.7 Å². The summed E-state index contributed by atoms with van der Waals surface area (Å²) in [7, 11) is 0. The van der Waals surface area contributed by atoms with E-state index >= 15 is 0 Å². The normalized spacial score (nSPS) is 11.8. The van der Waals surface area contributed by atoms with Gasteiger partial charge in [-0.2, -0.15) is 5.26 Å². The number of hydrogen-bond acceptors (Lipinski definition) is 5. The molecule has 2 aromatic rings. The third kappa shape index (κ3) is 3.84. The predicted molar refractivity (Wildman–Crippen MR) is 89.6 cm³/mol. The molecule has 0 spiro atoms. The third-order valence-electron chi connectivity index (χ3n) is 3.33. The zero-order chi connectivity index (χ0) is 17.9. The first-order valence-corrected chi connectivity index (χ1v) is 8.17. The van der Waals surface area contributed by atoms with E-state index in [9.17, 15) is 19.2 Å². The number of hydrogen-bond donors (Lipinski definition) is 1. The molecular formula is C17H16FN3O2S. The van der Waals surface area contributed by atoms with Crippen LogP contribution in [0.1, 0.15) is 53.7 Å². The Morgan fingerprint density at radius 3 is 2.62 bits per heavy atom. The topological polar surface area (TPSA) is 82.9 Å². The number of ketones is 1. The molecule has 24 heavy (non-hydrogen) atoms. The van der Waals surface area contributed by atoms with Gasteiger partial charge in [0.15, 0.2) is 11.7 Å². The van der Waals surface area contributed by atoms with Gasteiger partial charge in [0.1, 0.15) is 10.8 Å². The Kier molecular flexibility index (Phi) is 5.42. The molecule has 0 fully saturated rings. The highest BCUT2D eigenvalue weighted by Gasteiger charge is 2.26. The van der Waals surface area contributed by atoms with E-state index in [1.807, 2.05) is 25.3 Å². The zero-order valence-electron chi connectivity index (χ0n) is 13.5. The van der Waals surface area contributed by atoms with Crippen molar-refractivity contribution in [2.24, 2.45) is 0 Å². The van der Waals surface area contributed by atoms with Crippen molar-refractivity contribution in [2.75, 3.05) is 5.32 Å². The summed E-state index contributed by atoms with van der Waals surface area (Å²) in [6.45, 7) is 5.19. The number of carbonyl (C=O) groups excluding carboxylic acids is 2. The van der Waals surface area contributed by atoms with E-state index in [0.717, 1.165) is 11.8 Å². The molecule has 0 saturated heterocycles. The molecule has 1 aromatic carbocycles. The van der Waals surface area contributed by atoms with E-state index in [-0.39, 0.29) is 17.2 Å². The second kappa shape index (κ2) is 7.32. The van der Waals surface area contributed by atoms with Crippen molar-refractivity contribution >= 4 is 28.7 Å². The number of carbonyl (C=O) groups is 2. The van der Waals surface area contributed by atoms with E-state index < -0.39 is 23.4 Å². The Labute approximate surface area is 143 Å². The van der Waals surface area contributed by atoms with E-state index in [4.69, 9.17) is 0 Å². The molecule has 0 aliphatic carbocycles. The summed E-state index contributed by atoms with van der Waals surface area (Å²) < 4.78 is 13.7. The molecule has 0 aliphatic heterocycles. The summed E-state index contributed by atoms with van der Waals surface area (Å²) in [5.74, 6) is -2.43. The quantitative estimate of drug-likeness (QED) is 0.834.